The van der Waals surface area contributed by atoms with Gasteiger partial charge in [0, 0.05) is 6.54 Å². The van der Waals surface area contributed by atoms with Gasteiger partial charge in [0.05, 0.1) is 22.7 Å². The van der Waals surface area contributed by atoms with Gasteiger partial charge in [-0.05, 0) is 40.2 Å². The number of nitrogens with one attached hydrogen (secondary N) is 1. The summed E-state index contributed by atoms with van der Waals surface area (Å²) in [6.45, 7) is 7.27. The molecule has 2 aliphatic rings. The number of hydroxylamine groups is 1. The van der Waals surface area contributed by atoms with Gasteiger partial charge in [-0.15, -0.1) is 0 Å². The highest BCUT2D eigenvalue weighted by molar-refractivity contribution is 7.93. The molecule has 1 aromatic rings. The van der Waals surface area contributed by atoms with Crippen LogP contribution in [0.1, 0.15) is 40.2 Å². The second-order valence-electron chi connectivity index (χ2n) is 9.68. The first kappa shape index (κ1) is 25.1. The van der Waals surface area contributed by atoms with Crippen LogP contribution in [0.25, 0.3) is 0 Å². The molecule has 2 fully saturated rings. The number of rotatable bonds is 8. The lowest BCUT2D eigenvalue weighted by molar-refractivity contribution is -0.181. The summed E-state index contributed by atoms with van der Waals surface area (Å²) in [5, 5.41) is -1.16. The summed E-state index contributed by atoms with van der Waals surface area (Å²) in [7, 11) is -3.89. The number of nitrogens with zero attached hydrogens (tertiary/aromatic N) is 1. The Hall–Kier alpha value is -2.50. The zero-order chi connectivity index (χ0) is 24.6. The van der Waals surface area contributed by atoms with Gasteiger partial charge >= 0.3 is 11.9 Å². The molecule has 10 nitrogen and oxygen atoms in total. The summed E-state index contributed by atoms with van der Waals surface area (Å²) in [6, 6.07) is 8.01. The number of amides is 1. The van der Waals surface area contributed by atoms with Crippen LogP contribution >= 0.6 is 0 Å². The van der Waals surface area contributed by atoms with Crippen molar-refractivity contribution in [2.45, 2.75) is 57.4 Å². The van der Waals surface area contributed by atoms with Gasteiger partial charge in [-0.1, -0.05) is 30.3 Å². The Morgan fingerprint density at radius 2 is 1.76 bits per heavy atom. The number of fused-ring (bicyclic) bond motifs is 1. The highest BCUT2D eigenvalue weighted by atomic mass is 32.2. The minimum Gasteiger partial charge on any atom is -0.427 e. The van der Waals surface area contributed by atoms with E-state index in [1.807, 2.05) is 30.3 Å². The van der Waals surface area contributed by atoms with Crippen LogP contribution < -0.4 is 5.48 Å². The van der Waals surface area contributed by atoms with E-state index < -0.39 is 62.0 Å². The van der Waals surface area contributed by atoms with Crippen molar-refractivity contribution in [1.29, 1.82) is 0 Å². The molecule has 0 bridgehead atoms. The summed E-state index contributed by atoms with van der Waals surface area (Å²) in [4.78, 5) is 43.8. The molecule has 0 radical (unpaired) electrons. The largest absolute Gasteiger partial charge is 0.427 e. The van der Waals surface area contributed by atoms with Crippen LogP contribution in [0.2, 0.25) is 0 Å². The van der Waals surface area contributed by atoms with E-state index in [2.05, 4.69) is 5.48 Å². The van der Waals surface area contributed by atoms with Gasteiger partial charge in [0.15, 0.2) is 9.84 Å². The molecule has 0 aliphatic carbocycles. The molecular formula is C22H30N2O8S. The van der Waals surface area contributed by atoms with Gasteiger partial charge in [0.25, 0.3) is 0 Å². The number of hydrogen-bond donors (Lipinski definition) is 1. The smallest absolute Gasteiger partial charge is 0.333 e. The van der Waals surface area contributed by atoms with E-state index in [4.69, 9.17) is 14.3 Å². The summed E-state index contributed by atoms with van der Waals surface area (Å²) in [6.07, 6.45) is 0. The number of carbonyl (C=O) groups is 3. The molecule has 1 amide bonds. The van der Waals surface area contributed by atoms with Crippen molar-refractivity contribution in [3.8, 4) is 0 Å². The maximum Gasteiger partial charge on any atom is 0.333 e. The first-order valence-electron chi connectivity index (χ1n) is 10.6. The average Bonchev–Trinajstić information content (AvgIpc) is 2.87. The summed E-state index contributed by atoms with van der Waals surface area (Å²) in [5.41, 5.74) is 2.79. The zero-order valence-corrected chi connectivity index (χ0v) is 20.2. The molecular weight excluding hydrogens is 452 g/mol. The molecule has 2 saturated heterocycles. The van der Waals surface area contributed by atoms with Crippen molar-refractivity contribution in [3.63, 3.8) is 0 Å². The van der Waals surface area contributed by atoms with Crippen LogP contribution in [0.4, 0.5) is 0 Å². The number of β-lactam (4-membered cyclic amide) rings is 1. The van der Waals surface area contributed by atoms with Crippen molar-refractivity contribution in [2.75, 3.05) is 13.3 Å². The van der Waals surface area contributed by atoms with Gasteiger partial charge in [-0.3, -0.25) is 14.4 Å². The summed E-state index contributed by atoms with van der Waals surface area (Å²) in [5.74, 6) is -2.89. The molecule has 2 aliphatic heterocycles. The third kappa shape index (κ3) is 4.62. The topological polar surface area (TPSA) is 128 Å². The third-order valence-electron chi connectivity index (χ3n) is 5.89. The molecule has 0 unspecified atom stereocenters. The molecule has 0 aromatic heterocycles. The Balaban J connectivity index is 1.62. The van der Waals surface area contributed by atoms with Crippen molar-refractivity contribution in [3.05, 3.63) is 35.9 Å². The van der Waals surface area contributed by atoms with Crippen LogP contribution in [0, 0.1) is 11.3 Å². The molecule has 2 heterocycles. The number of esters is 2. The van der Waals surface area contributed by atoms with Crippen molar-refractivity contribution >= 4 is 27.7 Å². The first-order valence-corrected chi connectivity index (χ1v) is 12.1. The van der Waals surface area contributed by atoms with E-state index in [1.165, 1.54) is 13.8 Å². The minimum atomic E-state index is -3.89. The standard InChI is InChI=1S/C22H30N2O8S/c1-21(2,3)20(27)31-13-30-19(26)16-22(4,5)33(28,29)18-15(17(25)24(16)18)11-23-32-12-14-9-7-6-8-10-14/h6-10,15-16,18,23H,11-13H2,1-5H3/t15-,16+,18-/m1/s1. The molecule has 0 spiro atoms. The number of hydrogen-bond acceptors (Lipinski definition) is 9. The van der Waals surface area contributed by atoms with E-state index >= 15 is 0 Å². The Kier molecular flexibility index (Phi) is 6.88. The Bertz CT molecular complexity index is 1020. The fraction of sp³-hybridized carbons (Fsp3) is 0.591. The maximum atomic E-state index is 13.2. The maximum absolute atomic E-state index is 13.2. The molecule has 0 saturated carbocycles. The Morgan fingerprint density at radius 1 is 1.12 bits per heavy atom. The van der Waals surface area contributed by atoms with E-state index in [0.717, 1.165) is 10.5 Å². The van der Waals surface area contributed by atoms with Crippen molar-refractivity contribution < 1.29 is 37.1 Å². The van der Waals surface area contributed by atoms with Gasteiger partial charge in [0.2, 0.25) is 12.7 Å². The Labute approximate surface area is 193 Å². The van der Waals surface area contributed by atoms with Gasteiger partial charge in [-0.2, -0.15) is 0 Å². The number of sulfone groups is 1. The van der Waals surface area contributed by atoms with Gasteiger partial charge in [-0.25, -0.2) is 18.7 Å². The molecule has 182 valence electrons. The quantitative estimate of drug-likeness (QED) is 0.191. The third-order valence-corrected chi connectivity index (χ3v) is 8.77. The fourth-order valence-corrected chi connectivity index (χ4v) is 6.18. The Morgan fingerprint density at radius 3 is 2.36 bits per heavy atom. The van der Waals surface area contributed by atoms with Gasteiger partial charge in [0.1, 0.15) is 11.4 Å². The molecule has 33 heavy (non-hydrogen) atoms. The van der Waals surface area contributed by atoms with E-state index in [0.29, 0.717) is 0 Å². The lowest BCUT2D eigenvalue weighted by atomic mass is 9.92. The van der Waals surface area contributed by atoms with Crippen molar-refractivity contribution in [1.82, 2.24) is 10.4 Å². The van der Waals surface area contributed by atoms with Crippen molar-refractivity contribution in [2.24, 2.45) is 11.3 Å². The van der Waals surface area contributed by atoms with Gasteiger partial charge < -0.3 is 14.4 Å². The lowest BCUT2D eigenvalue weighted by Gasteiger charge is -2.42. The predicted molar refractivity (Wildman–Crippen MR) is 117 cm³/mol. The lowest BCUT2D eigenvalue weighted by Crippen LogP contribution is -2.65. The second-order valence-corrected chi connectivity index (χ2v) is 12.3. The zero-order valence-electron chi connectivity index (χ0n) is 19.4. The second kappa shape index (κ2) is 9.03. The number of benzene rings is 1. The summed E-state index contributed by atoms with van der Waals surface area (Å²) < 4.78 is 34.7. The fourth-order valence-electron chi connectivity index (χ4n) is 3.87. The van der Waals surface area contributed by atoms with Crippen LogP contribution in [0.15, 0.2) is 30.3 Å². The normalized spacial score (nSPS) is 25.2. The number of carbonyl (C=O) groups excluding carboxylic acids is 3. The first-order chi connectivity index (χ1) is 15.3. The van der Waals surface area contributed by atoms with Crippen LogP contribution in [-0.4, -0.2) is 60.7 Å². The molecule has 3 atom stereocenters. The molecule has 1 aromatic carbocycles. The molecule has 3 rings (SSSR count). The highest BCUT2D eigenvalue weighted by Gasteiger charge is 2.72. The summed E-state index contributed by atoms with van der Waals surface area (Å²) >= 11 is 0. The molecule has 1 N–H and O–H groups in total. The monoisotopic (exact) mass is 482 g/mol. The van der Waals surface area contributed by atoms with E-state index in [-0.39, 0.29) is 13.2 Å². The van der Waals surface area contributed by atoms with E-state index in [1.54, 1.807) is 20.8 Å². The highest BCUT2D eigenvalue weighted by Crippen LogP contribution is 2.48. The number of ether oxygens (including phenoxy) is 2. The van der Waals surface area contributed by atoms with Crippen LogP contribution in [0.5, 0.6) is 0 Å². The SMILES string of the molecule is CC(C)(C)C(=O)OCOC(=O)[C@@H]1N2C(=O)[C@@H](CNOCc3ccccc3)[C@H]2S(=O)(=O)C1(C)C. The predicted octanol–water partition coefficient (Wildman–Crippen LogP) is 1.16. The van der Waals surface area contributed by atoms with E-state index in [9.17, 15) is 22.8 Å². The average molecular weight is 483 g/mol. The minimum absolute atomic E-state index is 0.0207. The van der Waals surface area contributed by atoms with Crippen LogP contribution in [-0.2, 0) is 45.1 Å². The molecule has 11 heteroatoms. The van der Waals surface area contributed by atoms with Crippen LogP contribution in [0.3, 0.4) is 0 Å².